The van der Waals surface area contributed by atoms with Crippen LogP contribution in [-0.2, 0) is 4.79 Å². The predicted molar refractivity (Wildman–Crippen MR) is 64.2 cm³/mol. The van der Waals surface area contributed by atoms with Gasteiger partial charge in [0.15, 0.2) is 0 Å². The molecule has 1 aliphatic rings. The summed E-state index contributed by atoms with van der Waals surface area (Å²) in [6, 6.07) is 0. The SMILES string of the molecule is CCNC(=O)CCN1CCCC(CCO)C1. The zero-order chi connectivity index (χ0) is 11.8. The molecule has 1 heterocycles. The highest BCUT2D eigenvalue weighted by Crippen LogP contribution is 2.19. The zero-order valence-electron chi connectivity index (χ0n) is 10.2. The second kappa shape index (κ2) is 7.63. The third-order valence-electron chi connectivity index (χ3n) is 3.17. The third-order valence-corrected chi connectivity index (χ3v) is 3.17. The maximum atomic E-state index is 11.3. The van der Waals surface area contributed by atoms with Gasteiger partial charge in [0.2, 0.25) is 5.91 Å². The fourth-order valence-electron chi connectivity index (χ4n) is 2.32. The number of amides is 1. The Kier molecular flexibility index (Phi) is 6.42. The average Bonchev–Trinajstić information content (AvgIpc) is 2.28. The summed E-state index contributed by atoms with van der Waals surface area (Å²) in [6.45, 7) is 5.94. The van der Waals surface area contributed by atoms with E-state index in [1.165, 1.54) is 12.8 Å². The number of aliphatic hydroxyl groups excluding tert-OH is 1. The van der Waals surface area contributed by atoms with Crippen LogP contribution in [0.3, 0.4) is 0 Å². The molecule has 94 valence electrons. The molecule has 1 rings (SSSR count). The fourth-order valence-corrected chi connectivity index (χ4v) is 2.32. The zero-order valence-corrected chi connectivity index (χ0v) is 10.2. The fraction of sp³-hybridized carbons (Fsp3) is 0.917. The number of hydrogen-bond acceptors (Lipinski definition) is 3. The van der Waals surface area contributed by atoms with Gasteiger partial charge in [0.05, 0.1) is 0 Å². The van der Waals surface area contributed by atoms with Gasteiger partial charge >= 0.3 is 0 Å². The summed E-state index contributed by atoms with van der Waals surface area (Å²) in [5.74, 6) is 0.764. The molecule has 4 nitrogen and oxygen atoms in total. The summed E-state index contributed by atoms with van der Waals surface area (Å²) in [6.07, 6.45) is 3.91. The molecule has 0 aromatic carbocycles. The van der Waals surface area contributed by atoms with Gasteiger partial charge in [-0.3, -0.25) is 4.79 Å². The Hall–Kier alpha value is -0.610. The van der Waals surface area contributed by atoms with Crippen molar-refractivity contribution in [2.75, 3.05) is 32.8 Å². The van der Waals surface area contributed by atoms with Crippen LogP contribution in [0.2, 0.25) is 0 Å². The average molecular weight is 228 g/mol. The monoisotopic (exact) mass is 228 g/mol. The molecule has 1 fully saturated rings. The molecule has 0 bridgehead atoms. The molecule has 0 aromatic rings. The van der Waals surface area contributed by atoms with E-state index in [-0.39, 0.29) is 12.5 Å². The number of hydrogen-bond donors (Lipinski definition) is 2. The Labute approximate surface area is 98.0 Å². The predicted octanol–water partition coefficient (Wildman–Crippen LogP) is 0.607. The number of aliphatic hydroxyl groups is 1. The maximum absolute atomic E-state index is 11.3. The quantitative estimate of drug-likeness (QED) is 0.700. The minimum atomic E-state index is 0.145. The molecule has 2 N–H and O–H groups in total. The van der Waals surface area contributed by atoms with Gasteiger partial charge in [-0.15, -0.1) is 0 Å². The highest BCUT2D eigenvalue weighted by Gasteiger charge is 2.19. The van der Waals surface area contributed by atoms with Crippen molar-refractivity contribution in [2.24, 2.45) is 5.92 Å². The van der Waals surface area contributed by atoms with Crippen LogP contribution in [0.1, 0.15) is 32.6 Å². The Balaban J connectivity index is 2.18. The van der Waals surface area contributed by atoms with Crippen molar-refractivity contribution in [2.45, 2.75) is 32.6 Å². The van der Waals surface area contributed by atoms with Crippen LogP contribution in [0.15, 0.2) is 0 Å². The van der Waals surface area contributed by atoms with Crippen LogP contribution < -0.4 is 5.32 Å². The molecule has 0 aromatic heterocycles. The number of likely N-dealkylation sites (tertiary alicyclic amines) is 1. The third kappa shape index (κ3) is 4.94. The summed E-state index contributed by atoms with van der Waals surface area (Å²) in [4.78, 5) is 13.7. The minimum absolute atomic E-state index is 0.145. The molecular formula is C12H24N2O2. The molecule has 1 atom stereocenters. The van der Waals surface area contributed by atoms with Crippen molar-refractivity contribution in [3.63, 3.8) is 0 Å². The van der Waals surface area contributed by atoms with Gasteiger partial charge < -0.3 is 15.3 Å². The van der Waals surface area contributed by atoms with Crippen molar-refractivity contribution in [3.05, 3.63) is 0 Å². The molecule has 16 heavy (non-hydrogen) atoms. The van der Waals surface area contributed by atoms with E-state index < -0.39 is 0 Å². The van der Waals surface area contributed by atoms with Crippen molar-refractivity contribution < 1.29 is 9.90 Å². The van der Waals surface area contributed by atoms with E-state index in [4.69, 9.17) is 5.11 Å². The summed E-state index contributed by atoms with van der Waals surface area (Å²) in [5.41, 5.74) is 0. The lowest BCUT2D eigenvalue weighted by molar-refractivity contribution is -0.121. The highest BCUT2D eigenvalue weighted by molar-refractivity contribution is 5.75. The summed E-state index contributed by atoms with van der Waals surface area (Å²) < 4.78 is 0. The molecule has 1 amide bonds. The van der Waals surface area contributed by atoms with Crippen LogP contribution >= 0.6 is 0 Å². The summed E-state index contributed by atoms with van der Waals surface area (Å²) in [7, 11) is 0. The lowest BCUT2D eigenvalue weighted by Gasteiger charge is -2.32. The van der Waals surface area contributed by atoms with E-state index >= 15 is 0 Å². The number of nitrogens with zero attached hydrogens (tertiary/aromatic N) is 1. The van der Waals surface area contributed by atoms with E-state index in [0.29, 0.717) is 18.9 Å². The van der Waals surface area contributed by atoms with Crippen molar-refractivity contribution >= 4 is 5.91 Å². The van der Waals surface area contributed by atoms with Gasteiger partial charge in [-0.25, -0.2) is 0 Å². The lowest BCUT2D eigenvalue weighted by Crippen LogP contribution is -2.38. The second-order valence-electron chi connectivity index (χ2n) is 4.52. The lowest BCUT2D eigenvalue weighted by atomic mass is 9.95. The first-order valence-electron chi connectivity index (χ1n) is 6.36. The smallest absolute Gasteiger partial charge is 0.221 e. The molecule has 0 spiro atoms. The van der Waals surface area contributed by atoms with Gasteiger partial charge in [0.1, 0.15) is 0 Å². The second-order valence-corrected chi connectivity index (χ2v) is 4.52. The van der Waals surface area contributed by atoms with Crippen LogP contribution in [0.4, 0.5) is 0 Å². The maximum Gasteiger partial charge on any atom is 0.221 e. The number of rotatable bonds is 6. The van der Waals surface area contributed by atoms with Crippen LogP contribution in [0, 0.1) is 5.92 Å². The van der Waals surface area contributed by atoms with Crippen LogP contribution in [-0.4, -0.2) is 48.7 Å². The molecule has 0 aliphatic carbocycles. The standard InChI is InChI=1S/C12H24N2O2/c1-2-13-12(16)5-8-14-7-3-4-11(10-14)6-9-15/h11,15H,2-10H2,1H3,(H,13,16). The molecular weight excluding hydrogens is 204 g/mol. The Morgan fingerprint density at radius 1 is 1.56 bits per heavy atom. The first-order chi connectivity index (χ1) is 7.76. The number of carbonyl (C=O) groups is 1. The Bertz CT molecular complexity index is 207. The molecule has 1 saturated heterocycles. The van der Waals surface area contributed by atoms with Gasteiger partial charge in [0.25, 0.3) is 0 Å². The van der Waals surface area contributed by atoms with E-state index in [1.54, 1.807) is 0 Å². The number of carbonyl (C=O) groups excluding carboxylic acids is 1. The van der Waals surface area contributed by atoms with E-state index in [9.17, 15) is 4.79 Å². The number of nitrogens with one attached hydrogen (secondary N) is 1. The van der Waals surface area contributed by atoms with Gasteiger partial charge in [-0.1, -0.05) is 0 Å². The van der Waals surface area contributed by atoms with Gasteiger partial charge in [0, 0.05) is 32.7 Å². The van der Waals surface area contributed by atoms with Crippen molar-refractivity contribution in [1.82, 2.24) is 10.2 Å². The summed E-state index contributed by atoms with van der Waals surface area (Å²) >= 11 is 0. The molecule has 0 saturated carbocycles. The largest absolute Gasteiger partial charge is 0.396 e. The minimum Gasteiger partial charge on any atom is -0.396 e. The van der Waals surface area contributed by atoms with Crippen molar-refractivity contribution in [1.29, 1.82) is 0 Å². The van der Waals surface area contributed by atoms with Gasteiger partial charge in [-0.05, 0) is 38.6 Å². The number of piperidine rings is 1. The molecule has 0 radical (unpaired) electrons. The Morgan fingerprint density at radius 2 is 2.38 bits per heavy atom. The van der Waals surface area contributed by atoms with Gasteiger partial charge in [-0.2, -0.15) is 0 Å². The normalized spacial score (nSPS) is 22.0. The highest BCUT2D eigenvalue weighted by atomic mass is 16.3. The van der Waals surface area contributed by atoms with Crippen molar-refractivity contribution in [3.8, 4) is 0 Å². The molecule has 4 heteroatoms. The van der Waals surface area contributed by atoms with Crippen LogP contribution in [0.25, 0.3) is 0 Å². The summed E-state index contributed by atoms with van der Waals surface area (Å²) in [5, 5.41) is 11.7. The van der Waals surface area contributed by atoms with E-state index in [2.05, 4.69) is 10.2 Å². The Morgan fingerprint density at radius 3 is 3.06 bits per heavy atom. The molecule has 1 aliphatic heterocycles. The first kappa shape index (κ1) is 13.5. The topological polar surface area (TPSA) is 52.6 Å². The van der Waals surface area contributed by atoms with E-state index in [1.807, 2.05) is 6.92 Å². The van der Waals surface area contributed by atoms with Crippen LogP contribution in [0.5, 0.6) is 0 Å². The molecule has 1 unspecified atom stereocenters. The van der Waals surface area contributed by atoms with E-state index in [0.717, 1.165) is 26.1 Å². The first-order valence-corrected chi connectivity index (χ1v) is 6.36.